The minimum Gasteiger partial charge on any atom is -0.457 e. The molecule has 0 aromatic rings. The quantitative estimate of drug-likeness (QED) is 0.542. The van der Waals surface area contributed by atoms with Crippen molar-refractivity contribution >= 4 is 11.8 Å². The van der Waals surface area contributed by atoms with Crippen LogP contribution in [0.3, 0.4) is 0 Å². The molecule has 2 bridgehead atoms. The van der Waals surface area contributed by atoms with Gasteiger partial charge in [0.15, 0.2) is 0 Å². The molecule has 0 amide bonds. The molecule has 2 aliphatic heterocycles. The van der Waals surface area contributed by atoms with Crippen LogP contribution in [0.25, 0.3) is 0 Å². The lowest BCUT2D eigenvalue weighted by Gasteiger charge is -2.45. The molecule has 7 atom stereocenters. The van der Waals surface area contributed by atoms with Crippen LogP contribution in [0.5, 0.6) is 0 Å². The number of ketones is 1. The fourth-order valence-corrected chi connectivity index (χ4v) is 5.75. The van der Waals surface area contributed by atoms with E-state index in [9.17, 15) is 9.59 Å². The van der Waals surface area contributed by atoms with E-state index >= 15 is 0 Å². The third kappa shape index (κ3) is 3.37. The zero-order valence-corrected chi connectivity index (χ0v) is 16.9. The van der Waals surface area contributed by atoms with Gasteiger partial charge in [-0.1, -0.05) is 32.9 Å². The highest BCUT2D eigenvalue weighted by molar-refractivity contribution is 5.81. The van der Waals surface area contributed by atoms with Gasteiger partial charge in [0, 0.05) is 31.1 Å². The molecule has 2 heterocycles. The second kappa shape index (κ2) is 7.10. The van der Waals surface area contributed by atoms with Crippen LogP contribution in [0.4, 0.5) is 0 Å². The Morgan fingerprint density at radius 1 is 1.35 bits per heavy atom. The zero-order valence-electron chi connectivity index (χ0n) is 16.9. The van der Waals surface area contributed by atoms with Crippen LogP contribution in [-0.4, -0.2) is 29.6 Å². The van der Waals surface area contributed by atoms with Crippen LogP contribution in [0.1, 0.15) is 66.7 Å². The van der Waals surface area contributed by atoms with Crippen LogP contribution in [-0.2, 0) is 19.1 Å². The Morgan fingerprint density at radius 3 is 2.65 bits per heavy atom. The highest BCUT2D eigenvalue weighted by atomic mass is 16.6. The molecule has 0 spiro atoms. The third-order valence-electron chi connectivity index (χ3n) is 7.09. The summed E-state index contributed by atoms with van der Waals surface area (Å²) in [4.78, 5) is 24.4. The van der Waals surface area contributed by atoms with E-state index in [1.54, 1.807) is 0 Å². The van der Waals surface area contributed by atoms with Crippen LogP contribution in [0, 0.1) is 29.6 Å². The fourth-order valence-electron chi connectivity index (χ4n) is 5.75. The highest BCUT2D eigenvalue weighted by Gasteiger charge is 2.58. The summed E-state index contributed by atoms with van der Waals surface area (Å²) in [5.41, 5.74) is 0.498. The topological polar surface area (TPSA) is 52.6 Å². The van der Waals surface area contributed by atoms with Gasteiger partial charge in [0.2, 0.25) is 0 Å². The Morgan fingerprint density at radius 2 is 2.04 bits per heavy atom. The van der Waals surface area contributed by atoms with Crippen molar-refractivity contribution in [3.63, 3.8) is 0 Å². The van der Waals surface area contributed by atoms with Crippen molar-refractivity contribution in [2.24, 2.45) is 29.6 Å². The molecule has 0 radical (unpaired) electrons. The first-order chi connectivity index (χ1) is 12.1. The summed E-state index contributed by atoms with van der Waals surface area (Å²) in [6, 6.07) is 0. The fraction of sp³-hybridized carbons (Fsp3) is 0.818. The number of esters is 1. The molecule has 2 saturated heterocycles. The summed E-state index contributed by atoms with van der Waals surface area (Å²) in [6.45, 7) is 14.4. The number of hydrogen-bond acceptors (Lipinski definition) is 4. The van der Waals surface area contributed by atoms with E-state index in [1.807, 2.05) is 13.8 Å². The van der Waals surface area contributed by atoms with Gasteiger partial charge in [0.1, 0.15) is 17.5 Å². The average Bonchev–Trinajstić information content (AvgIpc) is 2.93. The third-order valence-corrected chi connectivity index (χ3v) is 7.09. The van der Waals surface area contributed by atoms with Gasteiger partial charge in [-0.25, -0.2) is 0 Å². The van der Waals surface area contributed by atoms with Crippen molar-refractivity contribution in [3.8, 4) is 0 Å². The van der Waals surface area contributed by atoms with Crippen LogP contribution >= 0.6 is 0 Å². The van der Waals surface area contributed by atoms with E-state index in [0.717, 1.165) is 19.3 Å². The molecule has 7 unspecified atom stereocenters. The molecule has 4 heteroatoms. The van der Waals surface area contributed by atoms with E-state index in [-0.39, 0.29) is 35.8 Å². The van der Waals surface area contributed by atoms with Gasteiger partial charge in [-0.05, 0) is 44.4 Å². The predicted molar refractivity (Wildman–Crippen MR) is 101 cm³/mol. The Balaban J connectivity index is 2.05. The number of rotatable bonds is 2. The largest absolute Gasteiger partial charge is 0.457 e. The maximum Gasteiger partial charge on any atom is 0.303 e. The van der Waals surface area contributed by atoms with Gasteiger partial charge in [-0.3, -0.25) is 9.59 Å². The van der Waals surface area contributed by atoms with Gasteiger partial charge >= 0.3 is 5.97 Å². The lowest BCUT2D eigenvalue weighted by Crippen LogP contribution is -2.50. The predicted octanol–water partition coefficient (Wildman–Crippen LogP) is 4.32. The SMILES string of the molecule is C=C1CCC(C(C)C)C2C1C1CC(C)C(=O)CCC(C)(OC(C)=O)C2O1. The summed E-state index contributed by atoms with van der Waals surface area (Å²) >= 11 is 0. The number of Topliss-reactive ketones (excluding diaryl/α,β-unsaturated/α-hetero) is 1. The van der Waals surface area contributed by atoms with Gasteiger partial charge in [-0.2, -0.15) is 0 Å². The average molecular weight is 363 g/mol. The van der Waals surface area contributed by atoms with Crippen LogP contribution < -0.4 is 0 Å². The van der Waals surface area contributed by atoms with E-state index in [4.69, 9.17) is 9.47 Å². The molecular weight excluding hydrogens is 328 g/mol. The molecule has 4 nitrogen and oxygen atoms in total. The maximum absolute atomic E-state index is 12.6. The first kappa shape index (κ1) is 19.6. The lowest BCUT2D eigenvalue weighted by molar-refractivity contribution is -0.179. The van der Waals surface area contributed by atoms with Crippen LogP contribution in [0.2, 0.25) is 0 Å². The van der Waals surface area contributed by atoms with Gasteiger partial charge in [0.05, 0.1) is 6.10 Å². The van der Waals surface area contributed by atoms with E-state index < -0.39 is 5.60 Å². The van der Waals surface area contributed by atoms with Gasteiger partial charge in [0.25, 0.3) is 0 Å². The number of ether oxygens (including phenoxy) is 2. The van der Waals surface area contributed by atoms with E-state index in [2.05, 4.69) is 20.4 Å². The Bertz CT molecular complexity index is 595. The number of carbonyl (C=O) groups is 2. The first-order valence-electron chi connectivity index (χ1n) is 10.2. The Kier molecular flexibility index (Phi) is 5.35. The Labute approximate surface area is 157 Å². The smallest absolute Gasteiger partial charge is 0.303 e. The van der Waals surface area contributed by atoms with Crippen molar-refractivity contribution in [2.75, 3.05) is 0 Å². The lowest BCUT2D eigenvalue weighted by atomic mass is 9.61. The molecule has 0 aromatic heterocycles. The molecule has 146 valence electrons. The monoisotopic (exact) mass is 362 g/mol. The van der Waals surface area contributed by atoms with E-state index in [0.29, 0.717) is 30.6 Å². The minimum atomic E-state index is -0.756. The van der Waals surface area contributed by atoms with Crippen molar-refractivity contribution in [2.45, 2.75) is 84.5 Å². The standard InChI is InChI=1S/C22H34O4/c1-12(2)16-8-7-13(3)19-18-11-14(4)17(24)9-10-22(6,26-15(5)23)21(25-18)20(16)19/h12,14,16,18-21H,3,7-11H2,1-2,4-6H3. The minimum absolute atomic E-state index is 0.00554. The van der Waals surface area contributed by atoms with Gasteiger partial charge < -0.3 is 9.47 Å². The highest BCUT2D eigenvalue weighted by Crippen LogP contribution is 2.55. The second-order valence-electron chi connectivity index (χ2n) is 9.31. The van der Waals surface area contributed by atoms with Crippen LogP contribution in [0.15, 0.2) is 12.2 Å². The van der Waals surface area contributed by atoms with Crippen molar-refractivity contribution in [3.05, 3.63) is 12.2 Å². The molecule has 0 N–H and O–H groups in total. The van der Waals surface area contributed by atoms with Crippen molar-refractivity contribution < 1.29 is 19.1 Å². The molecular formula is C22H34O4. The normalized spacial score (nSPS) is 43.5. The molecule has 3 rings (SSSR count). The zero-order chi connectivity index (χ0) is 19.2. The van der Waals surface area contributed by atoms with Crippen molar-refractivity contribution in [1.82, 2.24) is 0 Å². The van der Waals surface area contributed by atoms with Gasteiger partial charge in [-0.15, -0.1) is 0 Å². The maximum atomic E-state index is 12.6. The molecule has 3 fully saturated rings. The molecule has 1 aliphatic carbocycles. The molecule has 3 aliphatic rings. The summed E-state index contributed by atoms with van der Waals surface area (Å²) in [5, 5.41) is 0. The summed E-state index contributed by atoms with van der Waals surface area (Å²) in [5.74, 6) is 1.58. The van der Waals surface area contributed by atoms with Crippen molar-refractivity contribution in [1.29, 1.82) is 0 Å². The Hall–Kier alpha value is -1.16. The first-order valence-corrected chi connectivity index (χ1v) is 10.2. The second-order valence-corrected chi connectivity index (χ2v) is 9.31. The number of carbonyl (C=O) groups excluding carboxylic acids is 2. The molecule has 0 aromatic carbocycles. The summed E-state index contributed by atoms with van der Waals surface area (Å²) in [6.07, 6.45) is 3.72. The number of fused-ring (bicyclic) bond motifs is 5. The molecule has 1 saturated carbocycles. The summed E-state index contributed by atoms with van der Waals surface area (Å²) in [7, 11) is 0. The molecule has 26 heavy (non-hydrogen) atoms. The number of hydrogen-bond donors (Lipinski definition) is 0. The summed E-state index contributed by atoms with van der Waals surface area (Å²) < 4.78 is 12.5. The van der Waals surface area contributed by atoms with E-state index in [1.165, 1.54) is 12.5 Å².